The Bertz CT molecular complexity index is 945. The van der Waals surface area contributed by atoms with E-state index in [0.29, 0.717) is 34.9 Å². The van der Waals surface area contributed by atoms with Crippen LogP contribution >= 0.6 is 11.6 Å². The molecule has 132 valence electrons. The van der Waals surface area contributed by atoms with Crippen LogP contribution < -0.4 is 9.47 Å². The average Bonchev–Trinajstić information content (AvgIpc) is 3.42. The van der Waals surface area contributed by atoms with E-state index in [9.17, 15) is 4.79 Å². The second kappa shape index (κ2) is 5.86. The standard InChI is InChI=1S/C21H18ClNO3/c1-12-8-17-16(10-23(11-25-17)15-6-7-15)21-19(12)20(24)18(26-21)9-13-2-4-14(22)5-3-13/h2-5,8-9,15H,6-7,10-11H2,1H3/b18-9-. The van der Waals surface area contributed by atoms with Crippen LogP contribution in [0.3, 0.4) is 0 Å². The average molecular weight is 368 g/mol. The van der Waals surface area contributed by atoms with E-state index in [1.807, 2.05) is 25.1 Å². The summed E-state index contributed by atoms with van der Waals surface area (Å²) >= 11 is 5.94. The number of hydrogen-bond donors (Lipinski definition) is 0. The van der Waals surface area contributed by atoms with Gasteiger partial charge in [0.1, 0.15) is 18.2 Å². The van der Waals surface area contributed by atoms with Gasteiger partial charge in [0.25, 0.3) is 0 Å². The minimum atomic E-state index is -0.0706. The number of ether oxygens (including phenoxy) is 2. The molecule has 0 atom stereocenters. The fraction of sp³-hybridized carbons (Fsp3) is 0.286. The van der Waals surface area contributed by atoms with Gasteiger partial charge in [0.05, 0.1) is 11.1 Å². The molecule has 26 heavy (non-hydrogen) atoms. The first-order chi connectivity index (χ1) is 12.6. The van der Waals surface area contributed by atoms with Crippen LogP contribution in [-0.4, -0.2) is 23.5 Å². The molecule has 0 aromatic heterocycles. The first-order valence-electron chi connectivity index (χ1n) is 8.83. The Labute approximate surface area is 157 Å². The van der Waals surface area contributed by atoms with Gasteiger partial charge in [-0.15, -0.1) is 0 Å². The van der Waals surface area contributed by atoms with Gasteiger partial charge >= 0.3 is 0 Å². The van der Waals surface area contributed by atoms with Crippen LogP contribution in [0.2, 0.25) is 5.02 Å². The molecule has 0 amide bonds. The van der Waals surface area contributed by atoms with E-state index in [-0.39, 0.29) is 5.78 Å². The van der Waals surface area contributed by atoms with Crippen molar-refractivity contribution >= 4 is 23.5 Å². The summed E-state index contributed by atoms with van der Waals surface area (Å²) in [5.41, 5.74) is 3.41. The number of benzene rings is 2. The predicted molar refractivity (Wildman–Crippen MR) is 99.6 cm³/mol. The van der Waals surface area contributed by atoms with Crippen LogP contribution in [0.1, 0.15) is 39.9 Å². The van der Waals surface area contributed by atoms with Crippen molar-refractivity contribution in [1.29, 1.82) is 0 Å². The summed E-state index contributed by atoms with van der Waals surface area (Å²) < 4.78 is 12.0. The quantitative estimate of drug-likeness (QED) is 0.728. The van der Waals surface area contributed by atoms with Gasteiger partial charge < -0.3 is 9.47 Å². The number of Topliss-reactive ketones (excluding diaryl/α,β-unsaturated/α-hetero) is 1. The maximum atomic E-state index is 12.9. The van der Waals surface area contributed by atoms with Crippen LogP contribution in [0.5, 0.6) is 11.5 Å². The van der Waals surface area contributed by atoms with Crippen LogP contribution in [0.4, 0.5) is 0 Å². The van der Waals surface area contributed by atoms with Crippen molar-refractivity contribution < 1.29 is 14.3 Å². The van der Waals surface area contributed by atoms with E-state index >= 15 is 0 Å². The highest BCUT2D eigenvalue weighted by atomic mass is 35.5. The highest BCUT2D eigenvalue weighted by Crippen LogP contribution is 2.45. The molecule has 1 fully saturated rings. The highest BCUT2D eigenvalue weighted by molar-refractivity contribution is 6.30. The second-order valence-corrected chi connectivity index (χ2v) is 7.55. The first kappa shape index (κ1) is 15.9. The van der Waals surface area contributed by atoms with Crippen LogP contribution in [-0.2, 0) is 6.54 Å². The van der Waals surface area contributed by atoms with E-state index in [4.69, 9.17) is 21.1 Å². The summed E-state index contributed by atoms with van der Waals surface area (Å²) in [5, 5.41) is 0.663. The Hall–Kier alpha value is -2.30. The topological polar surface area (TPSA) is 38.8 Å². The van der Waals surface area contributed by atoms with Gasteiger partial charge in [-0.2, -0.15) is 0 Å². The fourth-order valence-corrected chi connectivity index (χ4v) is 3.76. The normalized spacial score (nSPS) is 20.5. The van der Waals surface area contributed by atoms with E-state index < -0.39 is 0 Å². The second-order valence-electron chi connectivity index (χ2n) is 7.12. The van der Waals surface area contributed by atoms with Gasteiger partial charge in [0.15, 0.2) is 5.76 Å². The molecule has 5 rings (SSSR count). The molecule has 2 aromatic rings. The van der Waals surface area contributed by atoms with Crippen LogP contribution in [0.25, 0.3) is 6.08 Å². The van der Waals surface area contributed by atoms with Gasteiger partial charge in [-0.3, -0.25) is 9.69 Å². The Balaban J connectivity index is 1.54. The predicted octanol–water partition coefficient (Wildman–Crippen LogP) is 4.58. The number of hydrogen-bond acceptors (Lipinski definition) is 4. The number of nitrogens with zero attached hydrogens (tertiary/aromatic N) is 1. The number of carbonyl (C=O) groups excluding carboxylic acids is 1. The van der Waals surface area contributed by atoms with E-state index in [0.717, 1.165) is 29.0 Å². The highest BCUT2D eigenvalue weighted by Gasteiger charge is 2.38. The van der Waals surface area contributed by atoms with Crippen molar-refractivity contribution in [2.45, 2.75) is 32.4 Å². The summed E-state index contributed by atoms with van der Waals surface area (Å²) in [6.45, 7) is 3.31. The molecule has 1 saturated carbocycles. The Morgan fingerprint density at radius 1 is 1.23 bits per heavy atom. The third-order valence-corrected chi connectivity index (χ3v) is 5.43. The Morgan fingerprint density at radius 2 is 2.00 bits per heavy atom. The zero-order chi connectivity index (χ0) is 17.8. The van der Waals surface area contributed by atoms with Gasteiger partial charge in [-0.05, 0) is 55.2 Å². The third-order valence-electron chi connectivity index (χ3n) is 5.18. The summed E-state index contributed by atoms with van der Waals surface area (Å²) in [4.78, 5) is 15.2. The lowest BCUT2D eigenvalue weighted by molar-refractivity contribution is 0.0867. The summed E-state index contributed by atoms with van der Waals surface area (Å²) in [7, 11) is 0. The van der Waals surface area contributed by atoms with E-state index in [1.165, 1.54) is 12.8 Å². The number of ketones is 1. The summed E-state index contributed by atoms with van der Waals surface area (Å²) in [6, 6.07) is 9.90. The van der Waals surface area contributed by atoms with Gasteiger partial charge in [0.2, 0.25) is 5.78 Å². The molecule has 2 aromatic carbocycles. The molecule has 2 aliphatic heterocycles. The monoisotopic (exact) mass is 367 g/mol. The molecule has 1 aliphatic carbocycles. The van der Waals surface area contributed by atoms with Gasteiger partial charge in [-0.25, -0.2) is 0 Å². The van der Waals surface area contributed by atoms with Crippen molar-refractivity contribution in [2.24, 2.45) is 0 Å². The minimum Gasteiger partial charge on any atom is -0.478 e. The van der Waals surface area contributed by atoms with Crippen molar-refractivity contribution in [3.8, 4) is 11.5 Å². The lowest BCUT2D eigenvalue weighted by atomic mass is 9.98. The van der Waals surface area contributed by atoms with Crippen molar-refractivity contribution in [3.63, 3.8) is 0 Å². The molecule has 4 nitrogen and oxygen atoms in total. The Kier molecular flexibility index (Phi) is 3.59. The number of aryl methyl sites for hydroxylation is 1. The molecule has 2 heterocycles. The molecule has 0 spiro atoms. The van der Waals surface area contributed by atoms with E-state index in [2.05, 4.69) is 4.90 Å². The largest absolute Gasteiger partial charge is 0.478 e. The van der Waals surface area contributed by atoms with Crippen molar-refractivity contribution in [2.75, 3.05) is 6.73 Å². The summed E-state index contributed by atoms with van der Waals surface area (Å²) in [6.07, 6.45) is 4.20. The number of allylic oxidation sites excluding steroid dienone is 1. The number of halogens is 1. The SMILES string of the molecule is Cc1cc2c(c3c1C(=O)/C(=C/c1ccc(Cl)cc1)O3)CN(C1CC1)CO2. The van der Waals surface area contributed by atoms with Crippen LogP contribution in [0.15, 0.2) is 36.1 Å². The number of fused-ring (bicyclic) bond motifs is 3. The van der Waals surface area contributed by atoms with Crippen LogP contribution in [0, 0.1) is 6.92 Å². The maximum absolute atomic E-state index is 12.9. The molecule has 0 bridgehead atoms. The number of carbonyl (C=O) groups is 1. The lowest BCUT2D eigenvalue weighted by Crippen LogP contribution is -2.34. The maximum Gasteiger partial charge on any atom is 0.232 e. The molecular weight excluding hydrogens is 350 g/mol. The van der Waals surface area contributed by atoms with Crippen molar-refractivity contribution in [1.82, 2.24) is 4.90 Å². The smallest absolute Gasteiger partial charge is 0.232 e. The third kappa shape index (κ3) is 2.61. The zero-order valence-corrected chi connectivity index (χ0v) is 15.2. The van der Waals surface area contributed by atoms with Gasteiger partial charge in [-0.1, -0.05) is 23.7 Å². The molecule has 3 aliphatic rings. The number of rotatable bonds is 2. The van der Waals surface area contributed by atoms with E-state index in [1.54, 1.807) is 18.2 Å². The molecule has 0 unspecified atom stereocenters. The molecule has 0 radical (unpaired) electrons. The lowest BCUT2D eigenvalue weighted by Gasteiger charge is -2.30. The van der Waals surface area contributed by atoms with Crippen molar-refractivity contribution in [3.05, 3.63) is 63.4 Å². The molecular formula is C21H18ClNO3. The molecule has 0 N–H and O–H groups in total. The zero-order valence-electron chi connectivity index (χ0n) is 14.4. The first-order valence-corrected chi connectivity index (χ1v) is 9.21. The Morgan fingerprint density at radius 3 is 2.73 bits per heavy atom. The fourth-order valence-electron chi connectivity index (χ4n) is 3.63. The molecule has 5 heteroatoms. The summed E-state index contributed by atoms with van der Waals surface area (Å²) in [5.74, 6) is 1.77. The minimum absolute atomic E-state index is 0.0706. The molecule has 0 saturated heterocycles. The van der Waals surface area contributed by atoms with Gasteiger partial charge in [0, 0.05) is 17.6 Å².